The molecule has 2 amide bonds. The summed E-state index contributed by atoms with van der Waals surface area (Å²) >= 11 is 1.34. The quantitative estimate of drug-likeness (QED) is 0.761. The van der Waals surface area contributed by atoms with E-state index in [0.29, 0.717) is 22.3 Å². The second kappa shape index (κ2) is 6.17. The number of rotatable bonds is 3. The molecule has 2 aromatic heterocycles. The van der Waals surface area contributed by atoms with Gasteiger partial charge in [0.25, 0.3) is 0 Å². The van der Waals surface area contributed by atoms with E-state index in [-0.39, 0.29) is 12.8 Å². The Morgan fingerprint density at radius 3 is 2.88 bits per heavy atom. The van der Waals surface area contributed by atoms with Crippen LogP contribution in [0.3, 0.4) is 0 Å². The number of benzene rings is 1. The fourth-order valence-corrected chi connectivity index (χ4v) is 2.90. The smallest absolute Gasteiger partial charge is 0.325 e. The van der Waals surface area contributed by atoms with Gasteiger partial charge in [0.15, 0.2) is 16.6 Å². The summed E-state index contributed by atoms with van der Waals surface area (Å²) in [5.41, 5.74) is 2.09. The van der Waals surface area contributed by atoms with Gasteiger partial charge in [0.05, 0.1) is 5.69 Å². The molecule has 3 aromatic rings. The van der Waals surface area contributed by atoms with Crippen LogP contribution in [0.5, 0.6) is 11.5 Å². The Labute approximate surface area is 141 Å². The topological polar surface area (TPSA) is 85.4 Å². The van der Waals surface area contributed by atoms with Gasteiger partial charge in [-0.25, -0.2) is 9.78 Å². The molecule has 0 fully saturated rings. The highest BCUT2D eigenvalue weighted by atomic mass is 32.1. The molecular formula is C16H12N4O3S. The SMILES string of the molecule is O=C(Nc1ccc2c(c1)OCO2)Nc1nc(-c2ccccn2)cs1. The van der Waals surface area contributed by atoms with E-state index in [9.17, 15) is 4.79 Å². The van der Waals surface area contributed by atoms with E-state index < -0.39 is 0 Å². The molecule has 4 rings (SSSR count). The van der Waals surface area contributed by atoms with Crippen molar-refractivity contribution >= 4 is 28.2 Å². The van der Waals surface area contributed by atoms with Crippen molar-refractivity contribution in [3.05, 3.63) is 48.0 Å². The number of thiazole rings is 1. The van der Waals surface area contributed by atoms with Crippen LogP contribution in [0.1, 0.15) is 0 Å². The van der Waals surface area contributed by atoms with E-state index in [1.165, 1.54) is 11.3 Å². The molecule has 1 aromatic carbocycles. The highest BCUT2D eigenvalue weighted by Gasteiger charge is 2.14. The zero-order valence-electron chi connectivity index (χ0n) is 12.4. The Bertz CT molecular complexity index is 882. The Kier molecular flexibility index (Phi) is 3.72. The number of nitrogens with one attached hydrogen (secondary N) is 2. The number of hydrogen-bond donors (Lipinski definition) is 2. The molecule has 24 heavy (non-hydrogen) atoms. The minimum atomic E-state index is -0.379. The summed E-state index contributed by atoms with van der Waals surface area (Å²) in [6.45, 7) is 0.195. The molecule has 0 aliphatic carbocycles. The van der Waals surface area contributed by atoms with Crippen LogP contribution >= 0.6 is 11.3 Å². The van der Waals surface area contributed by atoms with Crippen molar-refractivity contribution in [2.45, 2.75) is 0 Å². The average molecular weight is 340 g/mol. The number of anilines is 2. The van der Waals surface area contributed by atoms with Crippen molar-refractivity contribution in [1.82, 2.24) is 9.97 Å². The number of fused-ring (bicyclic) bond motifs is 1. The largest absolute Gasteiger partial charge is 0.454 e. The first-order valence-electron chi connectivity index (χ1n) is 7.12. The Hall–Kier alpha value is -3.13. The third kappa shape index (κ3) is 2.99. The van der Waals surface area contributed by atoms with Crippen molar-refractivity contribution < 1.29 is 14.3 Å². The summed E-state index contributed by atoms with van der Waals surface area (Å²) in [5, 5.41) is 7.78. The van der Waals surface area contributed by atoms with Crippen molar-refractivity contribution in [2.75, 3.05) is 17.4 Å². The third-order valence-corrected chi connectivity index (χ3v) is 4.04. The highest BCUT2D eigenvalue weighted by Crippen LogP contribution is 2.34. The lowest BCUT2D eigenvalue weighted by atomic mass is 10.3. The van der Waals surface area contributed by atoms with Gasteiger partial charge < -0.3 is 14.8 Å². The van der Waals surface area contributed by atoms with E-state index in [1.54, 1.807) is 24.4 Å². The van der Waals surface area contributed by atoms with Gasteiger partial charge in [-0.15, -0.1) is 11.3 Å². The first kappa shape index (κ1) is 14.5. The summed E-state index contributed by atoms with van der Waals surface area (Å²) in [5.74, 6) is 1.28. The molecule has 1 aliphatic rings. The first-order chi connectivity index (χ1) is 11.8. The molecule has 0 radical (unpaired) electrons. The van der Waals surface area contributed by atoms with Gasteiger partial charge in [-0.2, -0.15) is 0 Å². The molecule has 0 bridgehead atoms. The molecule has 0 atom stereocenters. The first-order valence-corrected chi connectivity index (χ1v) is 8.00. The lowest BCUT2D eigenvalue weighted by molar-refractivity contribution is 0.174. The summed E-state index contributed by atoms with van der Waals surface area (Å²) in [7, 11) is 0. The number of amides is 2. The van der Waals surface area contributed by atoms with Crippen LogP contribution in [0.2, 0.25) is 0 Å². The van der Waals surface area contributed by atoms with Gasteiger partial charge in [0.1, 0.15) is 5.69 Å². The fraction of sp³-hybridized carbons (Fsp3) is 0.0625. The predicted molar refractivity (Wildman–Crippen MR) is 90.6 cm³/mol. The van der Waals surface area contributed by atoms with E-state index in [1.807, 2.05) is 23.6 Å². The molecule has 8 heteroatoms. The Morgan fingerprint density at radius 2 is 2.00 bits per heavy atom. The molecule has 120 valence electrons. The number of nitrogens with zero attached hydrogens (tertiary/aromatic N) is 2. The molecule has 0 saturated heterocycles. The number of pyridine rings is 1. The van der Waals surface area contributed by atoms with Crippen LogP contribution < -0.4 is 20.1 Å². The number of carbonyl (C=O) groups is 1. The lowest BCUT2D eigenvalue weighted by Gasteiger charge is -2.06. The van der Waals surface area contributed by atoms with Crippen molar-refractivity contribution in [3.8, 4) is 22.9 Å². The second-order valence-electron chi connectivity index (χ2n) is 4.90. The van der Waals surface area contributed by atoms with Gasteiger partial charge in [-0.05, 0) is 24.3 Å². The van der Waals surface area contributed by atoms with Crippen LogP contribution in [0.15, 0.2) is 48.0 Å². The monoisotopic (exact) mass is 340 g/mol. The zero-order valence-corrected chi connectivity index (χ0v) is 13.2. The molecule has 0 saturated carbocycles. The number of carbonyl (C=O) groups excluding carboxylic acids is 1. The van der Waals surface area contributed by atoms with Gasteiger partial charge in [-0.3, -0.25) is 10.3 Å². The standard InChI is InChI=1S/C16H12N4O3S/c21-15(18-10-4-5-13-14(7-10)23-9-22-13)20-16-19-12(8-24-16)11-3-1-2-6-17-11/h1-8H,9H2,(H2,18,19,20,21). The molecular weight excluding hydrogens is 328 g/mol. The van der Waals surface area contributed by atoms with E-state index in [4.69, 9.17) is 9.47 Å². The number of hydrogen-bond acceptors (Lipinski definition) is 6. The summed E-state index contributed by atoms with van der Waals surface area (Å²) < 4.78 is 10.5. The summed E-state index contributed by atoms with van der Waals surface area (Å²) in [6, 6.07) is 10.4. The summed E-state index contributed by atoms with van der Waals surface area (Å²) in [6.07, 6.45) is 1.70. The number of aromatic nitrogens is 2. The molecule has 7 nitrogen and oxygen atoms in total. The third-order valence-electron chi connectivity index (χ3n) is 3.28. The molecule has 2 N–H and O–H groups in total. The molecule has 1 aliphatic heterocycles. The van der Waals surface area contributed by atoms with Crippen LogP contribution in [0.25, 0.3) is 11.4 Å². The Morgan fingerprint density at radius 1 is 1.08 bits per heavy atom. The minimum Gasteiger partial charge on any atom is -0.454 e. The second-order valence-corrected chi connectivity index (χ2v) is 5.76. The van der Waals surface area contributed by atoms with Gasteiger partial charge >= 0.3 is 6.03 Å². The van der Waals surface area contributed by atoms with Crippen molar-refractivity contribution in [2.24, 2.45) is 0 Å². The van der Waals surface area contributed by atoms with Crippen LogP contribution in [-0.4, -0.2) is 22.8 Å². The summed E-state index contributed by atoms with van der Waals surface area (Å²) in [4.78, 5) is 20.7. The van der Waals surface area contributed by atoms with E-state index in [2.05, 4.69) is 20.6 Å². The van der Waals surface area contributed by atoms with Crippen molar-refractivity contribution in [1.29, 1.82) is 0 Å². The average Bonchev–Trinajstić information content (AvgIpc) is 3.24. The van der Waals surface area contributed by atoms with Crippen molar-refractivity contribution in [3.63, 3.8) is 0 Å². The van der Waals surface area contributed by atoms with Gasteiger partial charge in [-0.1, -0.05) is 6.07 Å². The van der Waals surface area contributed by atoms with E-state index in [0.717, 1.165) is 11.4 Å². The molecule has 0 unspecified atom stereocenters. The fourth-order valence-electron chi connectivity index (χ4n) is 2.20. The lowest BCUT2D eigenvalue weighted by Crippen LogP contribution is -2.19. The zero-order chi connectivity index (χ0) is 16.4. The number of urea groups is 1. The maximum Gasteiger partial charge on any atom is 0.325 e. The molecule has 3 heterocycles. The minimum absolute atomic E-state index is 0.195. The highest BCUT2D eigenvalue weighted by molar-refractivity contribution is 7.14. The normalized spacial score (nSPS) is 12.0. The van der Waals surface area contributed by atoms with Gasteiger partial charge in [0.2, 0.25) is 6.79 Å². The maximum atomic E-state index is 12.1. The van der Waals surface area contributed by atoms with Crippen LogP contribution in [-0.2, 0) is 0 Å². The van der Waals surface area contributed by atoms with E-state index >= 15 is 0 Å². The van der Waals surface area contributed by atoms with Gasteiger partial charge in [0, 0.05) is 23.3 Å². The Balaban J connectivity index is 1.42. The molecule has 0 spiro atoms. The van der Waals surface area contributed by atoms with Crippen LogP contribution in [0, 0.1) is 0 Å². The predicted octanol–water partition coefficient (Wildman–Crippen LogP) is 3.58. The van der Waals surface area contributed by atoms with Crippen LogP contribution in [0.4, 0.5) is 15.6 Å². The number of ether oxygens (including phenoxy) is 2. The maximum absolute atomic E-state index is 12.1.